The Morgan fingerprint density at radius 1 is 0.882 bits per heavy atom. The van der Waals surface area contributed by atoms with Gasteiger partial charge in [0.1, 0.15) is 26.0 Å². The molecule has 174 valence electrons. The predicted octanol–water partition coefficient (Wildman–Crippen LogP) is 7.43. The van der Waals surface area contributed by atoms with Gasteiger partial charge in [0, 0.05) is 17.7 Å². The van der Waals surface area contributed by atoms with Crippen molar-refractivity contribution in [1.82, 2.24) is 9.55 Å². The first-order valence-corrected chi connectivity index (χ1v) is 14.4. The predicted molar refractivity (Wildman–Crippen MR) is 143 cm³/mol. The van der Waals surface area contributed by atoms with Crippen molar-refractivity contribution in [2.24, 2.45) is 0 Å². The molecule has 3 rings (SSSR count). The molecule has 0 aliphatic carbocycles. The summed E-state index contributed by atoms with van der Waals surface area (Å²) in [5, 5.41) is 18.9. The average Bonchev–Trinajstić information content (AvgIpc) is 3.15. The van der Waals surface area contributed by atoms with Gasteiger partial charge in [-0.05, 0) is 47.3 Å². The Balaban J connectivity index is 2.07. The van der Waals surface area contributed by atoms with Crippen molar-refractivity contribution in [2.75, 3.05) is 0 Å². The van der Waals surface area contributed by atoms with E-state index in [-0.39, 0.29) is 0 Å². The van der Waals surface area contributed by atoms with Crippen LogP contribution in [0.5, 0.6) is 0 Å². The van der Waals surface area contributed by atoms with E-state index in [0.717, 1.165) is 41.0 Å². The van der Waals surface area contributed by atoms with E-state index in [9.17, 15) is 10.5 Å². The zero-order valence-electron chi connectivity index (χ0n) is 21.4. The lowest BCUT2D eigenvalue weighted by molar-refractivity contribution is 0.704. The highest BCUT2D eigenvalue weighted by molar-refractivity contribution is 6.90. The molecule has 0 radical (unpaired) electrons. The Kier molecular flexibility index (Phi) is 7.66. The minimum atomic E-state index is -1.78. The number of imidazole rings is 1. The average molecular weight is 467 g/mol. The third kappa shape index (κ3) is 4.52. The smallest absolute Gasteiger partial charge is 0.146 e. The van der Waals surface area contributed by atoms with Crippen LogP contribution in [0.15, 0.2) is 36.4 Å². The fourth-order valence-electron chi connectivity index (χ4n) is 5.34. The Hall–Kier alpha value is -3.33. The van der Waals surface area contributed by atoms with Gasteiger partial charge in [-0.1, -0.05) is 66.5 Å². The van der Waals surface area contributed by atoms with E-state index < -0.39 is 8.07 Å². The first-order valence-electron chi connectivity index (χ1n) is 12.2. The lowest BCUT2D eigenvalue weighted by Gasteiger charge is -2.38. The molecule has 0 saturated heterocycles. The fraction of sp³-hybridized carbons (Fsp3) is 0.414. The summed E-state index contributed by atoms with van der Waals surface area (Å²) >= 11 is 0. The Bertz CT molecular complexity index is 1300. The fourth-order valence-corrected chi connectivity index (χ4v) is 10.6. The van der Waals surface area contributed by atoms with Crippen molar-refractivity contribution in [3.63, 3.8) is 0 Å². The van der Waals surface area contributed by atoms with Gasteiger partial charge in [-0.15, -0.1) is 5.54 Å². The van der Waals surface area contributed by atoms with E-state index in [1.807, 2.05) is 0 Å². The van der Waals surface area contributed by atoms with Crippen molar-refractivity contribution in [2.45, 2.75) is 78.1 Å². The van der Waals surface area contributed by atoms with Gasteiger partial charge in [0.2, 0.25) is 0 Å². The van der Waals surface area contributed by atoms with E-state index in [4.69, 9.17) is 4.98 Å². The number of fused-ring (bicyclic) bond motifs is 1. The lowest BCUT2D eigenvalue weighted by Crippen LogP contribution is -2.43. The maximum atomic E-state index is 9.45. The standard InChI is InChI=1S/C29H34N4Si/c1-8-14-33-28-17-26(19-31)25(18-30)16-27(28)32-29(33)24-11-9-23(10-12-24)13-15-34(20(2)3,21(4)5)22(6)7/h9-12,16-17,20-22H,8,14H2,1-7H3. The molecule has 0 saturated carbocycles. The number of hydrogen-bond acceptors (Lipinski definition) is 3. The van der Waals surface area contributed by atoms with Crippen LogP contribution in [0.3, 0.4) is 0 Å². The van der Waals surface area contributed by atoms with Crippen LogP contribution in [0.25, 0.3) is 22.4 Å². The third-order valence-corrected chi connectivity index (χ3v) is 13.3. The van der Waals surface area contributed by atoms with Crippen LogP contribution in [0.2, 0.25) is 16.6 Å². The van der Waals surface area contributed by atoms with Gasteiger partial charge in [0.05, 0.1) is 22.2 Å². The minimum absolute atomic E-state index is 0.362. The van der Waals surface area contributed by atoms with E-state index in [1.165, 1.54) is 0 Å². The van der Waals surface area contributed by atoms with Gasteiger partial charge >= 0.3 is 0 Å². The number of aromatic nitrogens is 2. The van der Waals surface area contributed by atoms with Gasteiger partial charge in [-0.3, -0.25) is 0 Å². The van der Waals surface area contributed by atoms with Crippen LogP contribution in [-0.2, 0) is 6.54 Å². The largest absolute Gasteiger partial charge is 0.324 e. The molecule has 4 nitrogen and oxygen atoms in total. The number of aryl methyl sites for hydroxylation is 1. The molecule has 1 heterocycles. The topological polar surface area (TPSA) is 65.4 Å². The summed E-state index contributed by atoms with van der Waals surface area (Å²) in [6, 6.07) is 16.1. The van der Waals surface area contributed by atoms with Crippen molar-refractivity contribution in [1.29, 1.82) is 10.5 Å². The van der Waals surface area contributed by atoms with Gasteiger partial charge in [-0.2, -0.15) is 10.5 Å². The molecule has 0 spiro atoms. The number of benzene rings is 2. The molecule has 1 aromatic heterocycles. The SMILES string of the molecule is CCCn1c(-c2ccc(C#C[Si](C(C)C)(C(C)C)C(C)C)cc2)nc2cc(C#N)c(C#N)cc21. The first kappa shape index (κ1) is 25.3. The normalized spacial score (nSPS) is 11.5. The maximum absolute atomic E-state index is 9.45. The second-order valence-corrected chi connectivity index (χ2v) is 15.5. The summed E-state index contributed by atoms with van der Waals surface area (Å²) in [6.07, 6.45) is 0.941. The van der Waals surface area contributed by atoms with Crippen LogP contribution in [-0.4, -0.2) is 17.6 Å². The summed E-state index contributed by atoms with van der Waals surface area (Å²) < 4.78 is 2.15. The molecule has 0 bridgehead atoms. The molecule has 0 unspecified atom stereocenters. The summed E-state index contributed by atoms with van der Waals surface area (Å²) in [5.74, 6) is 4.37. The molecule has 0 aliphatic rings. The second kappa shape index (κ2) is 10.3. The highest BCUT2D eigenvalue weighted by Crippen LogP contribution is 2.40. The summed E-state index contributed by atoms with van der Waals surface area (Å²) in [7, 11) is -1.78. The zero-order valence-corrected chi connectivity index (χ0v) is 22.4. The molecular formula is C29H34N4Si. The van der Waals surface area contributed by atoms with Crippen molar-refractivity contribution in [3.8, 4) is 35.0 Å². The molecule has 34 heavy (non-hydrogen) atoms. The van der Waals surface area contributed by atoms with Crippen LogP contribution in [0.1, 0.15) is 71.6 Å². The zero-order chi connectivity index (χ0) is 25.0. The third-order valence-electron chi connectivity index (χ3n) is 7.01. The van der Waals surface area contributed by atoms with Crippen LogP contribution >= 0.6 is 0 Å². The number of nitrogens with zero attached hydrogens (tertiary/aromatic N) is 4. The van der Waals surface area contributed by atoms with Crippen LogP contribution < -0.4 is 0 Å². The van der Waals surface area contributed by atoms with Crippen molar-refractivity contribution in [3.05, 3.63) is 53.1 Å². The van der Waals surface area contributed by atoms with E-state index >= 15 is 0 Å². The van der Waals surface area contributed by atoms with E-state index in [0.29, 0.717) is 27.8 Å². The molecule has 0 amide bonds. The summed E-state index contributed by atoms with van der Waals surface area (Å²) in [6.45, 7) is 16.9. The summed E-state index contributed by atoms with van der Waals surface area (Å²) in [5.41, 5.74) is 10.0. The van der Waals surface area contributed by atoms with Gasteiger partial charge < -0.3 is 4.57 Å². The first-order chi connectivity index (χ1) is 16.2. The van der Waals surface area contributed by atoms with Gasteiger partial charge in [0.15, 0.2) is 0 Å². The highest BCUT2D eigenvalue weighted by Gasteiger charge is 2.41. The number of nitriles is 2. The molecular weight excluding hydrogens is 432 g/mol. The number of hydrogen-bond donors (Lipinski definition) is 0. The maximum Gasteiger partial charge on any atom is 0.146 e. The highest BCUT2D eigenvalue weighted by atomic mass is 28.3. The van der Waals surface area contributed by atoms with Gasteiger partial charge in [0.25, 0.3) is 0 Å². The van der Waals surface area contributed by atoms with Crippen molar-refractivity contribution >= 4 is 19.1 Å². The monoisotopic (exact) mass is 466 g/mol. The van der Waals surface area contributed by atoms with Crippen LogP contribution in [0.4, 0.5) is 0 Å². The number of rotatable bonds is 6. The van der Waals surface area contributed by atoms with Crippen molar-refractivity contribution < 1.29 is 0 Å². The molecule has 3 aromatic rings. The molecule has 0 fully saturated rings. The van der Waals surface area contributed by atoms with Crippen LogP contribution in [0, 0.1) is 34.1 Å². The summed E-state index contributed by atoms with van der Waals surface area (Å²) in [4.78, 5) is 4.84. The Labute approximate surface area is 205 Å². The molecule has 0 N–H and O–H groups in total. The molecule has 2 aromatic carbocycles. The Morgan fingerprint density at radius 3 is 1.94 bits per heavy atom. The molecule has 0 aliphatic heterocycles. The quantitative estimate of drug-likeness (QED) is 0.280. The lowest BCUT2D eigenvalue weighted by atomic mass is 10.1. The molecule has 5 heteroatoms. The minimum Gasteiger partial charge on any atom is -0.324 e. The second-order valence-electron chi connectivity index (χ2n) is 9.92. The van der Waals surface area contributed by atoms with Gasteiger partial charge in [-0.25, -0.2) is 4.98 Å². The molecule has 0 atom stereocenters. The van der Waals surface area contributed by atoms with E-state index in [1.54, 1.807) is 12.1 Å². The van der Waals surface area contributed by atoms with E-state index in [2.05, 4.69) is 101 Å². The Morgan fingerprint density at radius 2 is 1.44 bits per heavy atom.